The quantitative estimate of drug-likeness (QED) is 0.816. The van der Waals surface area contributed by atoms with Gasteiger partial charge in [-0.25, -0.2) is 0 Å². The molecular formula is C13H19NO. The Labute approximate surface area is 91.4 Å². The third-order valence-corrected chi connectivity index (χ3v) is 3.03. The zero-order valence-corrected chi connectivity index (χ0v) is 9.44. The molecule has 1 aliphatic carbocycles. The van der Waals surface area contributed by atoms with Gasteiger partial charge in [-0.2, -0.15) is 0 Å². The number of ether oxygens (including phenoxy) is 1. The first-order valence-electron chi connectivity index (χ1n) is 5.63. The van der Waals surface area contributed by atoms with E-state index >= 15 is 0 Å². The van der Waals surface area contributed by atoms with E-state index in [2.05, 4.69) is 24.3 Å². The van der Waals surface area contributed by atoms with Gasteiger partial charge in [-0.05, 0) is 31.4 Å². The second kappa shape index (κ2) is 4.33. The molecule has 0 aromatic heterocycles. The fourth-order valence-corrected chi connectivity index (χ4v) is 2.10. The van der Waals surface area contributed by atoms with Crippen LogP contribution in [0, 0.1) is 0 Å². The van der Waals surface area contributed by atoms with E-state index < -0.39 is 0 Å². The highest BCUT2D eigenvalue weighted by Gasteiger charge is 2.30. The third kappa shape index (κ3) is 2.21. The zero-order valence-electron chi connectivity index (χ0n) is 9.44. The van der Waals surface area contributed by atoms with Crippen LogP contribution in [0.2, 0.25) is 0 Å². The Kier molecular flexibility index (Phi) is 3.08. The van der Waals surface area contributed by atoms with Crippen LogP contribution >= 0.6 is 0 Å². The molecule has 0 heterocycles. The molecule has 15 heavy (non-hydrogen) atoms. The summed E-state index contributed by atoms with van der Waals surface area (Å²) in [5.74, 6) is 0.500. The van der Waals surface area contributed by atoms with Gasteiger partial charge < -0.3 is 10.5 Å². The first-order chi connectivity index (χ1) is 7.18. The lowest BCUT2D eigenvalue weighted by molar-refractivity contribution is 0.0620. The minimum atomic E-state index is 0.141. The molecule has 82 valence electrons. The lowest BCUT2D eigenvalue weighted by atomic mass is 9.74. The van der Waals surface area contributed by atoms with E-state index in [9.17, 15) is 0 Å². The molecule has 2 atom stereocenters. The summed E-state index contributed by atoms with van der Waals surface area (Å²) in [5.41, 5.74) is 8.98. The molecule has 1 aromatic rings. The third-order valence-electron chi connectivity index (χ3n) is 3.03. The topological polar surface area (TPSA) is 35.2 Å². The predicted octanol–water partition coefficient (Wildman–Crippen LogP) is 2.08. The van der Waals surface area contributed by atoms with Crippen molar-refractivity contribution in [2.75, 3.05) is 6.61 Å². The van der Waals surface area contributed by atoms with Crippen LogP contribution in [0.3, 0.4) is 0 Å². The molecule has 2 N–H and O–H groups in total. The van der Waals surface area contributed by atoms with E-state index in [-0.39, 0.29) is 12.1 Å². The van der Waals surface area contributed by atoms with Gasteiger partial charge in [0.2, 0.25) is 0 Å². The van der Waals surface area contributed by atoms with E-state index in [0.29, 0.717) is 12.5 Å². The number of rotatable bonds is 4. The van der Waals surface area contributed by atoms with Gasteiger partial charge in [-0.15, -0.1) is 0 Å². The molecule has 2 nitrogen and oxygen atoms in total. The summed E-state index contributed by atoms with van der Waals surface area (Å²) < 4.78 is 5.55. The van der Waals surface area contributed by atoms with Crippen molar-refractivity contribution in [1.29, 1.82) is 0 Å². The summed E-state index contributed by atoms with van der Waals surface area (Å²) in [5, 5.41) is 0. The molecule has 0 spiro atoms. The molecule has 0 saturated heterocycles. The number of hydrogen-bond donors (Lipinski definition) is 1. The highest BCUT2D eigenvalue weighted by molar-refractivity contribution is 5.41. The molecule has 0 radical (unpaired) electrons. The molecule has 2 unspecified atom stereocenters. The maximum atomic E-state index is 6.12. The van der Waals surface area contributed by atoms with E-state index in [1.54, 1.807) is 0 Å². The van der Waals surface area contributed by atoms with E-state index in [0.717, 1.165) is 6.42 Å². The Morgan fingerprint density at radius 3 is 2.80 bits per heavy atom. The van der Waals surface area contributed by atoms with Crippen LogP contribution < -0.4 is 5.73 Å². The van der Waals surface area contributed by atoms with Crippen LogP contribution in [0.5, 0.6) is 0 Å². The molecule has 1 aromatic carbocycles. The highest BCUT2D eigenvalue weighted by Crippen LogP contribution is 2.36. The minimum Gasteiger partial charge on any atom is -0.377 e. The Morgan fingerprint density at radius 1 is 1.40 bits per heavy atom. The molecule has 0 fully saturated rings. The minimum absolute atomic E-state index is 0.141. The summed E-state index contributed by atoms with van der Waals surface area (Å²) in [4.78, 5) is 0. The smallest absolute Gasteiger partial charge is 0.0627 e. The summed E-state index contributed by atoms with van der Waals surface area (Å²) in [7, 11) is 0. The Bertz CT molecular complexity index is 335. The summed E-state index contributed by atoms with van der Waals surface area (Å²) >= 11 is 0. The second-order valence-corrected chi connectivity index (χ2v) is 4.56. The Hall–Kier alpha value is -0.860. The Morgan fingerprint density at radius 2 is 2.13 bits per heavy atom. The van der Waals surface area contributed by atoms with Crippen molar-refractivity contribution in [3.63, 3.8) is 0 Å². The Balaban J connectivity index is 1.92. The van der Waals surface area contributed by atoms with Gasteiger partial charge in [0.25, 0.3) is 0 Å². The van der Waals surface area contributed by atoms with Crippen LogP contribution in [0.25, 0.3) is 0 Å². The van der Waals surface area contributed by atoms with Crippen molar-refractivity contribution >= 4 is 0 Å². The van der Waals surface area contributed by atoms with E-state index in [1.165, 1.54) is 11.1 Å². The SMILES string of the molecule is CC(C)OCC(N)C1Cc2ccccc21. The predicted molar refractivity (Wildman–Crippen MR) is 62.0 cm³/mol. The van der Waals surface area contributed by atoms with Gasteiger partial charge in [0, 0.05) is 12.0 Å². The molecule has 0 saturated carbocycles. The highest BCUT2D eigenvalue weighted by atomic mass is 16.5. The van der Waals surface area contributed by atoms with Crippen LogP contribution in [0.4, 0.5) is 0 Å². The van der Waals surface area contributed by atoms with Crippen molar-refractivity contribution in [3.8, 4) is 0 Å². The fraction of sp³-hybridized carbons (Fsp3) is 0.538. The van der Waals surface area contributed by atoms with Crippen LogP contribution in [0.15, 0.2) is 24.3 Å². The van der Waals surface area contributed by atoms with Gasteiger partial charge in [-0.3, -0.25) is 0 Å². The number of hydrogen-bond acceptors (Lipinski definition) is 2. The number of fused-ring (bicyclic) bond motifs is 1. The first-order valence-corrected chi connectivity index (χ1v) is 5.63. The van der Waals surface area contributed by atoms with Crippen molar-refractivity contribution in [3.05, 3.63) is 35.4 Å². The van der Waals surface area contributed by atoms with Gasteiger partial charge in [0.15, 0.2) is 0 Å². The molecule has 1 aliphatic rings. The van der Waals surface area contributed by atoms with Gasteiger partial charge in [0.05, 0.1) is 12.7 Å². The maximum absolute atomic E-state index is 6.12. The normalized spacial score (nSPS) is 20.9. The maximum Gasteiger partial charge on any atom is 0.0627 e. The average Bonchev–Trinajstić information content (AvgIpc) is 2.17. The van der Waals surface area contributed by atoms with Crippen LogP contribution in [0.1, 0.15) is 30.9 Å². The van der Waals surface area contributed by atoms with Crippen molar-refractivity contribution in [2.45, 2.75) is 38.3 Å². The summed E-state index contributed by atoms with van der Waals surface area (Å²) in [6, 6.07) is 8.68. The standard InChI is InChI=1S/C13H19NO/c1-9(2)15-8-13(14)12-7-10-5-3-4-6-11(10)12/h3-6,9,12-13H,7-8,14H2,1-2H3. The molecular weight excluding hydrogens is 186 g/mol. The molecule has 0 bridgehead atoms. The lowest BCUT2D eigenvalue weighted by Gasteiger charge is -2.34. The number of nitrogens with two attached hydrogens (primary N) is 1. The van der Waals surface area contributed by atoms with E-state index in [1.807, 2.05) is 13.8 Å². The van der Waals surface area contributed by atoms with Crippen LogP contribution in [-0.4, -0.2) is 18.8 Å². The summed E-state index contributed by atoms with van der Waals surface area (Å²) in [6.07, 6.45) is 1.38. The van der Waals surface area contributed by atoms with E-state index in [4.69, 9.17) is 10.5 Å². The van der Waals surface area contributed by atoms with Crippen molar-refractivity contribution in [2.24, 2.45) is 5.73 Å². The molecule has 2 heteroatoms. The largest absolute Gasteiger partial charge is 0.377 e. The second-order valence-electron chi connectivity index (χ2n) is 4.56. The van der Waals surface area contributed by atoms with Crippen molar-refractivity contribution < 1.29 is 4.74 Å². The first kappa shape index (κ1) is 10.7. The molecule has 0 aliphatic heterocycles. The fourth-order valence-electron chi connectivity index (χ4n) is 2.10. The monoisotopic (exact) mass is 205 g/mol. The summed E-state index contributed by atoms with van der Waals surface area (Å²) in [6.45, 7) is 4.75. The lowest BCUT2D eigenvalue weighted by Crippen LogP contribution is -2.39. The van der Waals surface area contributed by atoms with Gasteiger partial charge in [0.1, 0.15) is 0 Å². The average molecular weight is 205 g/mol. The molecule has 0 amide bonds. The van der Waals surface area contributed by atoms with Crippen molar-refractivity contribution in [1.82, 2.24) is 0 Å². The van der Waals surface area contributed by atoms with Crippen LogP contribution in [-0.2, 0) is 11.2 Å². The van der Waals surface area contributed by atoms with Gasteiger partial charge >= 0.3 is 0 Å². The zero-order chi connectivity index (χ0) is 10.8. The van der Waals surface area contributed by atoms with Gasteiger partial charge in [-0.1, -0.05) is 24.3 Å². The number of benzene rings is 1. The molecule has 2 rings (SSSR count).